The normalized spacial score (nSPS) is 11.3. The first-order valence-electron chi connectivity index (χ1n) is 5.20. The Labute approximate surface area is 94.9 Å². The molecule has 2 N–H and O–H groups in total. The second kappa shape index (κ2) is 3.24. The van der Waals surface area contributed by atoms with Crippen molar-refractivity contribution in [1.29, 1.82) is 0 Å². The van der Waals surface area contributed by atoms with Crippen molar-refractivity contribution in [2.24, 2.45) is 0 Å². The van der Waals surface area contributed by atoms with Crippen LogP contribution in [0.3, 0.4) is 0 Å². The highest BCUT2D eigenvalue weighted by molar-refractivity contribution is 7.23. The minimum Gasteiger partial charge on any atom is -0.390 e. The average molecular weight is 219 g/mol. The van der Waals surface area contributed by atoms with Crippen LogP contribution in [0.15, 0.2) is 0 Å². The monoisotopic (exact) mass is 219 g/mol. The maximum Gasteiger partial charge on any atom is 0.0898 e. The van der Waals surface area contributed by atoms with Gasteiger partial charge in [0.15, 0.2) is 0 Å². The standard InChI is InChI=1S/C13H17NS/c1-6-7(2)9(4)12-11(8(6)3)10(5)13(14)15-12/h14H2,1-5H3. The van der Waals surface area contributed by atoms with E-state index in [1.54, 1.807) is 11.3 Å². The van der Waals surface area contributed by atoms with E-state index in [4.69, 9.17) is 5.73 Å². The van der Waals surface area contributed by atoms with Crippen LogP contribution in [0.25, 0.3) is 10.1 Å². The molecule has 0 bridgehead atoms. The van der Waals surface area contributed by atoms with Crippen LogP contribution in [-0.2, 0) is 0 Å². The van der Waals surface area contributed by atoms with Gasteiger partial charge < -0.3 is 5.73 Å². The summed E-state index contributed by atoms with van der Waals surface area (Å²) < 4.78 is 1.37. The molecular formula is C13H17NS. The Hall–Kier alpha value is -1.02. The van der Waals surface area contributed by atoms with E-state index in [1.807, 2.05) is 0 Å². The molecule has 1 aromatic heterocycles. The molecule has 0 saturated heterocycles. The predicted molar refractivity (Wildman–Crippen MR) is 69.9 cm³/mol. The fourth-order valence-corrected chi connectivity index (χ4v) is 3.36. The zero-order valence-electron chi connectivity index (χ0n) is 9.99. The van der Waals surface area contributed by atoms with Crippen LogP contribution in [0, 0.1) is 34.6 Å². The Morgan fingerprint density at radius 1 is 0.733 bits per heavy atom. The molecule has 0 fully saturated rings. The Balaban J connectivity index is 3.07. The summed E-state index contributed by atoms with van der Waals surface area (Å²) in [4.78, 5) is 0. The summed E-state index contributed by atoms with van der Waals surface area (Å²) in [6.45, 7) is 10.9. The molecule has 0 aliphatic heterocycles. The van der Waals surface area contributed by atoms with Crippen LogP contribution in [0.4, 0.5) is 5.00 Å². The molecule has 0 aliphatic rings. The van der Waals surface area contributed by atoms with Gasteiger partial charge >= 0.3 is 0 Å². The van der Waals surface area contributed by atoms with E-state index in [-0.39, 0.29) is 0 Å². The van der Waals surface area contributed by atoms with Crippen LogP contribution in [0.1, 0.15) is 27.8 Å². The van der Waals surface area contributed by atoms with Crippen LogP contribution >= 0.6 is 11.3 Å². The van der Waals surface area contributed by atoms with E-state index >= 15 is 0 Å². The zero-order chi connectivity index (χ0) is 11.3. The molecule has 2 aromatic rings. The molecule has 0 aliphatic carbocycles. The molecule has 80 valence electrons. The smallest absolute Gasteiger partial charge is 0.0898 e. The molecule has 2 rings (SSSR count). The van der Waals surface area contributed by atoms with Crippen molar-refractivity contribution in [1.82, 2.24) is 0 Å². The summed E-state index contributed by atoms with van der Waals surface area (Å²) in [5.41, 5.74) is 12.8. The molecule has 0 radical (unpaired) electrons. The third kappa shape index (κ3) is 1.28. The van der Waals surface area contributed by atoms with Crippen LogP contribution in [0.5, 0.6) is 0 Å². The first kappa shape index (κ1) is 10.5. The van der Waals surface area contributed by atoms with E-state index in [1.165, 1.54) is 37.9 Å². The van der Waals surface area contributed by atoms with Gasteiger partial charge in [-0.05, 0) is 62.4 Å². The molecule has 0 spiro atoms. The van der Waals surface area contributed by atoms with E-state index in [9.17, 15) is 0 Å². The first-order chi connectivity index (χ1) is 6.95. The number of anilines is 1. The van der Waals surface area contributed by atoms with Crippen molar-refractivity contribution in [3.8, 4) is 0 Å². The summed E-state index contributed by atoms with van der Waals surface area (Å²) in [5, 5.41) is 2.33. The van der Waals surface area contributed by atoms with Gasteiger partial charge in [-0.15, -0.1) is 11.3 Å². The maximum atomic E-state index is 6.01. The molecule has 0 saturated carbocycles. The van der Waals surface area contributed by atoms with Crippen LogP contribution in [0.2, 0.25) is 0 Å². The molecule has 15 heavy (non-hydrogen) atoms. The van der Waals surface area contributed by atoms with Gasteiger partial charge in [-0.2, -0.15) is 0 Å². The minimum absolute atomic E-state index is 0.959. The number of hydrogen-bond donors (Lipinski definition) is 1. The number of fused-ring (bicyclic) bond motifs is 1. The highest BCUT2D eigenvalue weighted by Gasteiger charge is 2.14. The van der Waals surface area contributed by atoms with Crippen molar-refractivity contribution in [2.45, 2.75) is 34.6 Å². The number of aryl methyl sites for hydroxylation is 3. The van der Waals surface area contributed by atoms with Crippen LogP contribution in [-0.4, -0.2) is 0 Å². The number of nitrogens with two attached hydrogens (primary N) is 1. The Kier molecular flexibility index (Phi) is 2.27. The zero-order valence-corrected chi connectivity index (χ0v) is 10.8. The van der Waals surface area contributed by atoms with Gasteiger partial charge in [0.25, 0.3) is 0 Å². The summed E-state index contributed by atoms with van der Waals surface area (Å²) in [7, 11) is 0. The quantitative estimate of drug-likeness (QED) is 0.711. The van der Waals surface area contributed by atoms with Gasteiger partial charge in [-0.25, -0.2) is 0 Å². The fraction of sp³-hybridized carbons (Fsp3) is 0.385. The summed E-state index contributed by atoms with van der Waals surface area (Å²) in [6.07, 6.45) is 0. The lowest BCUT2D eigenvalue weighted by Gasteiger charge is -2.11. The van der Waals surface area contributed by atoms with Gasteiger partial charge in [0.05, 0.1) is 5.00 Å². The molecule has 2 heteroatoms. The van der Waals surface area contributed by atoms with E-state index in [2.05, 4.69) is 34.6 Å². The Morgan fingerprint density at radius 3 is 1.87 bits per heavy atom. The Bertz CT molecular complexity index is 550. The van der Waals surface area contributed by atoms with E-state index in [0.29, 0.717) is 0 Å². The second-order valence-electron chi connectivity index (χ2n) is 4.30. The third-order valence-corrected chi connectivity index (χ3v) is 4.83. The van der Waals surface area contributed by atoms with Gasteiger partial charge in [0.2, 0.25) is 0 Å². The fourth-order valence-electron chi connectivity index (χ4n) is 2.17. The number of thiophene rings is 1. The van der Waals surface area contributed by atoms with Gasteiger partial charge in [0.1, 0.15) is 0 Å². The topological polar surface area (TPSA) is 26.0 Å². The lowest BCUT2D eigenvalue weighted by Crippen LogP contribution is -1.92. The van der Waals surface area contributed by atoms with Gasteiger partial charge in [0, 0.05) is 10.1 Å². The first-order valence-corrected chi connectivity index (χ1v) is 6.01. The number of benzene rings is 1. The number of hydrogen-bond acceptors (Lipinski definition) is 2. The molecule has 1 heterocycles. The average Bonchev–Trinajstić information content (AvgIpc) is 2.50. The van der Waals surface area contributed by atoms with E-state index in [0.717, 1.165) is 5.00 Å². The number of nitrogen functional groups attached to an aromatic ring is 1. The minimum atomic E-state index is 0.959. The van der Waals surface area contributed by atoms with Crippen molar-refractivity contribution in [3.05, 3.63) is 27.8 Å². The molecule has 0 atom stereocenters. The highest BCUT2D eigenvalue weighted by atomic mass is 32.1. The molecular weight excluding hydrogens is 202 g/mol. The third-order valence-electron chi connectivity index (χ3n) is 3.59. The molecule has 1 aromatic carbocycles. The summed E-state index contributed by atoms with van der Waals surface area (Å²) >= 11 is 1.72. The largest absolute Gasteiger partial charge is 0.390 e. The SMILES string of the molecule is Cc1c(C)c(C)c2c(C)c(N)sc2c1C. The lowest BCUT2D eigenvalue weighted by molar-refractivity contribution is 1.25. The van der Waals surface area contributed by atoms with Crippen molar-refractivity contribution >= 4 is 26.4 Å². The second-order valence-corrected chi connectivity index (χ2v) is 5.35. The number of rotatable bonds is 0. The van der Waals surface area contributed by atoms with Crippen LogP contribution < -0.4 is 5.73 Å². The molecule has 0 amide bonds. The summed E-state index contributed by atoms with van der Waals surface area (Å²) in [6, 6.07) is 0. The predicted octanol–water partition coefficient (Wildman–Crippen LogP) is 4.03. The Morgan fingerprint density at radius 2 is 1.27 bits per heavy atom. The summed E-state index contributed by atoms with van der Waals surface area (Å²) in [5.74, 6) is 0. The van der Waals surface area contributed by atoms with Crippen molar-refractivity contribution in [2.75, 3.05) is 5.73 Å². The highest BCUT2D eigenvalue weighted by Crippen LogP contribution is 2.39. The molecule has 0 unspecified atom stereocenters. The van der Waals surface area contributed by atoms with Gasteiger partial charge in [-0.1, -0.05) is 0 Å². The molecule has 1 nitrogen and oxygen atoms in total. The van der Waals surface area contributed by atoms with Crippen molar-refractivity contribution in [3.63, 3.8) is 0 Å². The van der Waals surface area contributed by atoms with Gasteiger partial charge in [-0.3, -0.25) is 0 Å². The maximum absolute atomic E-state index is 6.01. The lowest BCUT2D eigenvalue weighted by atomic mass is 9.95. The van der Waals surface area contributed by atoms with E-state index < -0.39 is 0 Å². The van der Waals surface area contributed by atoms with Crippen molar-refractivity contribution < 1.29 is 0 Å².